The van der Waals surface area contributed by atoms with Crippen LogP contribution in [0.1, 0.15) is 35.3 Å². The summed E-state index contributed by atoms with van der Waals surface area (Å²) in [7, 11) is 0. The summed E-state index contributed by atoms with van der Waals surface area (Å²) in [4.78, 5) is 42.0. The minimum Gasteiger partial charge on any atom is -0.454 e. The molecule has 1 aliphatic rings. The van der Waals surface area contributed by atoms with Crippen LogP contribution in [0, 0.1) is 0 Å². The molecular weight excluding hydrogens is 494 g/mol. The number of benzene rings is 2. The minimum absolute atomic E-state index is 0.0137. The van der Waals surface area contributed by atoms with Crippen LogP contribution in [0.3, 0.4) is 0 Å². The van der Waals surface area contributed by atoms with Gasteiger partial charge in [0.25, 0.3) is 5.91 Å². The van der Waals surface area contributed by atoms with E-state index in [0.29, 0.717) is 22.2 Å². The van der Waals surface area contributed by atoms with E-state index in [9.17, 15) is 14.4 Å². The van der Waals surface area contributed by atoms with Gasteiger partial charge in [-0.25, -0.2) is 9.78 Å². The van der Waals surface area contributed by atoms with Crippen LogP contribution in [0.25, 0.3) is 0 Å². The third kappa shape index (κ3) is 6.59. The number of nitrogens with zero attached hydrogens (tertiary/aromatic N) is 1. The maximum Gasteiger partial charge on any atom is 0.341 e. The van der Waals surface area contributed by atoms with Crippen LogP contribution in [0.4, 0.5) is 11.4 Å². The molecule has 0 unspecified atom stereocenters. The Labute approximate surface area is 218 Å². The average Bonchev–Trinajstić information content (AvgIpc) is 3.39. The lowest BCUT2D eigenvalue weighted by atomic mass is 10.0. The molecule has 0 saturated carbocycles. The second kappa shape index (κ2) is 12.3. The molecule has 0 fully saturated rings. The molecule has 0 radical (unpaired) electrons. The first-order valence-electron chi connectivity index (χ1n) is 11.8. The first kappa shape index (κ1) is 26.0. The number of thioether (sulfide) groups is 1. The zero-order chi connectivity index (χ0) is 26.2. The molecule has 37 heavy (non-hydrogen) atoms. The molecule has 0 atom stereocenters. The van der Waals surface area contributed by atoms with E-state index in [-0.39, 0.29) is 24.0 Å². The van der Waals surface area contributed by atoms with Gasteiger partial charge in [0, 0.05) is 23.6 Å². The van der Waals surface area contributed by atoms with Gasteiger partial charge in [-0.05, 0) is 48.2 Å². The predicted molar refractivity (Wildman–Crippen MR) is 140 cm³/mol. The number of amides is 2. The molecule has 2 N–H and O–H groups in total. The summed E-state index contributed by atoms with van der Waals surface area (Å²) in [6, 6.07) is 14.1. The Morgan fingerprint density at radius 1 is 0.946 bits per heavy atom. The fourth-order valence-corrected chi connectivity index (χ4v) is 4.54. The van der Waals surface area contributed by atoms with Gasteiger partial charge >= 0.3 is 5.97 Å². The van der Waals surface area contributed by atoms with Crippen molar-refractivity contribution in [2.75, 3.05) is 29.8 Å². The van der Waals surface area contributed by atoms with Crippen LogP contribution in [-0.2, 0) is 27.2 Å². The van der Waals surface area contributed by atoms with Gasteiger partial charge in [0.05, 0.1) is 11.3 Å². The number of rotatable bonds is 10. The lowest BCUT2D eigenvalue weighted by molar-refractivity contribution is -0.119. The number of aromatic nitrogens is 1. The number of nitrogens with one attached hydrogen (secondary N) is 2. The molecule has 2 aromatic carbocycles. The first-order chi connectivity index (χ1) is 18.0. The van der Waals surface area contributed by atoms with Crippen molar-refractivity contribution in [1.82, 2.24) is 4.98 Å². The highest BCUT2D eigenvalue weighted by Crippen LogP contribution is 2.34. The Morgan fingerprint density at radius 2 is 1.70 bits per heavy atom. The highest BCUT2D eigenvalue weighted by Gasteiger charge is 2.19. The Balaban J connectivity index is 1.32. The van der Waals surface area contributed by atoms with Crippen LogP contribution in [-0.4, -0.2) is 41.9 Å². The normalized spacial score (nSPS) is 11.6. The number of para-hydroxylation sites is 1. The molecule has 0 aliphatic carbocycles. The second-order valence-corrected chi connectivity index (χ2v) is 9.01. The van der Waals surface area contributed by atoms with E-state index >= 15 is 0 Å². The van der Waals surface area contributed by atoms with E-state index in [4.69, 9.17) is 14.2 Å². The largest absolute Gasteiger partial charge is 0.454 e. The standard InChI is InChI=1S/C27H27N3O6S/c1-3-17-7-5-8-18(4-2)25(17)30-23(31)14-34-27(33)20-9-6-12-28-26(20)37-15-24(32)29-19-10-11-21-22(13-19)36-16-35-21/h5-13H,3-4,14-16H2,1-2H3,(H,29,32)(H,30,31). The van der Waals surface area contributed by atoms with Crippen molar-refractivity contribution in [3.8, 4) is 11.5 Å². The van der Waals surface area contributed by atoms with Gasteiger partial charge in [0.1, 0.15) is 5.03 Å². The lowest BCUT2D eigenvalue weighted by Crippen LogP contribution is -2.22. The van der Waals surface area contributed by atoms with E-state index in [1.165, 1.54) is 6.20 Å². The zero-order valence-corrected chi connectivity index (χ0v) is 21.4. The number of hydrogen-bond acceptors (Lipinski definition) is 8. The SMILES string of the molecule is CCc1cccc(CC)c1NC(=O)COC(=O)c1cccnc1SCC(=O)Nc1ccc2c(c1)OCO2. The fourth-order valence-electron chi connectivity index (χ4n) is 3.75. The van der Waals surface area contributed by atoms with Gasteiger partial charge in [0.2, 0.25) is 12.7 Å². The number of fused-ring (bicyclic) bond motifs is 1. The quantitative estimate of drug-likeness (QED) is 0.297. The summed E-state index contributed by atoms with van der Waals surface area (Å²) in [5.74, 6) is -0.202. The Bertz CT molecular complexity index is 1290. The summed E-state index contributed by atoms with van der Waals surface area (Å²) in [5.41, 5.74) is 3.55. The highest BCUT2D eigenvalue weighted by molar-refractivity contribution is 8.00. The smallest absolute Gasteiger partial charge is 0.341 e. The van der Waals surface area contributed by atoms with Crippen LogP contribution in [0.2, 0.25) is 0 Å². The maximum absolute atomic E-state index is 12.7. The molecule has 9 nitrogen and oxygen atoms in total. The van der Waals surface area contributed by atoms with E-state index in [1.54, 1.807) is 30.3 Å². The first-order valence-corrected chi connectivity index (χ1v) is 12.8. The molecular formula is C27H27N3O6S. The van der Waals surface area contributed by atoms with Gasteiger partial charge in [0.15, 0.2) is 18.1 Å². The van der Waals surface area contributed by atoms with Gasteiger partial charge < -0.3 is 24.8 Å². The monoisotopic (exact) mass is 521 g/mol. The van der Waals surface area contributed by atoms with Crippen molar-refractivity contribution >= 4 is 40.9 Å². The molecule has 1 aliphatic heterocycles. The third-order valence-electron chi connectivity index (χ3n) is 5.59. The number of anilines is 2. The van der Waals surface area contributed by atoms with E-state index in [2.05, 4.69) is 15.6 Å². The summed E-state index contributed by atoms with van der Waals surface area (Å²) in [6.07, 6.45) is 3.05. The molecule has 2 heterocycles. The molecule has 0 saturated heterocycles. The average molecular weight is 522 g/mol. The van der Waals surface area contributed by atoms with E-state index in [1.807, 2.05) is 32.0 Å². The number of esters is 1. The van der Waals surface area contributed by atoms with E-state index in [0.717, 1.165) is 41.4 Å². The van der Waals surface area contributed by atoms with Gasteiger partial charge in [-0.3, -0.25) is 9.59 Å². The summed E-state index contributed by atoms with van der Waals surface area (Å²) in [6.45, 7) is 3.74. The second-order valence-electron chi connectivity index (χ2n) is 8.04. The molecule has 192 valence electrons. The number of ether oxygens (including phenoxy) is 3. The van der Waals surface area contributed by atoms with Crippen molar-refractivity contribution in [2.45, 2.75) is 31.7 Å². The fraction of sp³-hybridized carbons (Fsp3) is 0.259. The number of carbonyl (C=O) groups excluding carboxylic acids is 3. The maximum atomic E-state index is 12.7. The van der Waals surface area contributed by atoms with Gasteiger partial charge in [-0.2, -0.15) is 0 Å². The summed E-state index contributed by atoms with van der Waals surface area (Å²) >= 11 is 1.09. The third-order valence-corrected chi connectivity index (χ3v) is 6.59. The van der Waals surface area contributed by atoms with Crippen LogP contribution in [0.5, 0.6) is 11.5 Å². The Morgan fingerprint density at radius 3 is 2.46 bits per heavy atom. The Hall–Kier alpha value is -4.05. The van der Waals surface area contributed by atoms with Crippen molar-refractivity contribution in [3.63, 3.8) is 0 Å². The van der Waals surface area contributed by atoms with Crippen LogP contribution in [0.15, 0.2) is 59.8 Å². The summed E-state index contributed by atoms with van der Waals surface area (Å²) in [5, 5.41) is 5.99. The molecule has 4 rings (SSSR count). The number of pyridine rings is 1. The Kier molecular flexibility index (Phi) is 8.63. The molecule has 0 bridgehead atoms. The molecule has 10 heteroatoms. The van der Waals surface area contributed by atoms with Gasteiger partial charge in [-0.1, -0.05) is 43.8 Å². The van der Waals surface area contributed by atoms with Crippen molar-refractivity contribution in [3.05, 3.63) is 71.4 Å². The molecule has 2 amide bonds. The molecule has 3 aromatic rings. The highest BCUT2D eigenvalue weighted by atomic mass is 32.2. The van der Waals surface area contributed by atoms with Crippen molar-refractivity contribution in [2.24, 2.45) is 0 Å². The van der Waals surface area contributed by atoms with Crippen LogP contribution < -0.4 is 20.1 Å². The van der Waals surface area contributed by atoms with Crippen molar-refractivity contribution in [1.29, 1.82) is 0 Å². The molecule has 0 spiro atoms. The number of aryl methyl sites for hydroxylation is 2. The number of hydrogen-bond donors (Lipinski definition) is 2. The molecule has 1 aromatic heterocycles. The predicted octanol–water partition coefficient (Wildman–Crippen LogP) is 4.46. The van der Waals surface area contributed by atoms with E-state index < -0.39 is 18.5 Å². The minimum atomic E-state index is -0.693. The lowest BCUT2D eigenvalue weighted by Gasteiger charge is -2.14. The van der Waals surface area contributed by atoms with Crippen molar-refractivity contribution < 1.29 is 28.6 Å². The zero-order valence-electron chi connectivity index (χ0n) is 20.5. The van der Waals surface area contributed by atoms with Gasteiger partial charge in [-0.15, -0.1) is 0 Å². The van der Waals surface area contributed by atoms with Crippen LogP contribution >= 0.6 is 11.8 Å². The number of carbonyl (C=O) groups is 3. The topological polar surface area (TPSA) is 116 Å². The summed E-state index contributed by atoms with van der Waals surface area (Å²) < 4.78 is 15.9.